The molecule has 0 fully saturated rings. The van der Waals surface area contributed by atoms with Crippen molar-refractivity contribution >= 4 is 11.9 Å². The highest BCUT2D eigenvalue weighted by molar-refractivity contribution is 5.77. The van der Waals surface area contributed by atoms with E-state index in [4.69, 9.17) is 4.74 Å². The maximum atomic E-state index is 12.0. The third-order valence-electron chi connectivity index (χ3n) is 5.58. The van der Waals surface area contributed by atoms with Crippen LogP contribution < -0.4 is 0 Å². The summed E-state index contributed by atoms with van der Waals surface area (Å²) in [7, 11) is 0. The van der Waals surface area contributed by atoms with E-state index in [1.165, 1.54) is 44.9 Å². The molecule has 0 rings (SSSR count). The van der Waals surface area contributed by atoms with Crippen molar-refractivity contribution in [2.24, 2.45) is 0 Å². The first-order valence-corrected chi connectivity index (χ1v) is 13.6. The summed E-state index contributed by atoms with van der Waals surface area (Å²) in [5.74, 6) is -1.45. The number of carboxylic acids is 1. The quantitative estimate of drug-likeness (QED) is 0.0912. The highest BCUT2D eigenvalue weighted by atomic mass is 16.6. The van der Waals surface area contributed by atoms with Crippen molar-refractivity contribution < 1.29 is 19.4 Å². The van der Waals surface area contributed by atoms with Crippen LogP contribution in [-0.2, 0) is 14.3 Å². The van der Waals surface area contributed by atoms with E-state index < -0.39 is 18.0 Å². The molecule has 1 unspecified atom stereocenters. The molecule has 0 amide bonds. The van der Waals surface area contributed by atoms with E-state index in [-0.39, 0.29) is 6.42 Å². The SMILES string of the molecule is CCCCCC=CCC=CCC=CCC=CCCCC(=O)OC(CCCCCCCC)C(=O)O. The molecule has 0 aliphatic heterocycles. The fourth-order valence-electron chi connectivity index (χ4n) is 3.49. The number of carbonyl (C=O) groups is 2. The maximum absolute atomic E-state index is 12.0. The third kappa shape index (κ3) is 23.1. The molecule has 0 aromatic carbocycles. The van der Waals surface area contributed by atoms with Crippen molar-refractivity contribution in [3.05, 3.63) is 48.6 Å². The van der Waals surface area contributed by atoms with E-state index in [1.807, 2.05) is 0 Å². The van der Waals surface area contributed by atoms with Crippen LogP contribution in [0, 0.1) is 0 Å². The Balaban J connectivity index is 3.77. The lowest BCUT2D eigenvalue weighted by molar-refractivity contribution is -0.164. The zero-order valence-corrected chi connectivity index (χ0v) is 21.9. The van der Waals surface area contributed by atoms with Gasteiger partial charge in [0.15, 0.2) is 6.10 Å². The summed E-state index contributed by atoms with van der Waals surface area (Å²) in [4.78, 5) is 23.3. The van der Waals surface area contributed by atoms with Gasteiger partial charge in [-0.05, 0) is 57.8 Å². The minimum Gasteiger partial charge on any atom is -0.479 e. The number of allylic oxidation sites excluding steroid dienone is 8. The van der Waals surface area contributed by atoms with Gasteiger partial charge in [-0.15, -0.1) is 0 Å². The maximum Gasteiger partial charge on any atom is 0.345 e. The molecular formula is C30H50O4. The number of rotatable bonds is 23. The first kappa shape index (κ1) is 31.9. The molecule has 0 aromatic rings. The number of unbranched alkanes of at least 4 members (excludes halogenated alkanes) is 9. The van der Waals surface area contributed by atoms with Crippen LogP contribution in [0.4, 0.5) is 0 Å². The lowest BCUT2D eigenvalue weighted by Crippen LogP contribution is -2.26. The first-order chi connectivity index (χ1) is 16.6. The fraction of sp³-hybridized carbons (Fsp3) is 0.667. The van der Waals surface area contributed by atoms with Crippen molar-refractivity contribution in [1.29, 1.82) is 0 Å². The molecule has 0 radical (unpaired) electrons. The molecule has 0 saturated carbocycles. The number of ether oxygens (including phenoxy) is 1. The Labute approximate surface area is 209 Å². The molecule has 4 nitrogen and oxygen atoms in total. The Bertz CT molecular complexity index is 601. The second-order valence-electron chi connectivity index (χ2n) is 8.85. The molecule has 0 heterocycles. The molecule has 0 aliphatic carbocycles. The van der Waals surface area contributed by atoms with E-state index in [2.05, 4.69) is 62.5 Å². The minimum absolute atomic E-state index is 0.262. The molecular weight excluding hydrogens is 424 g/mol. The highest BCUT2D eigenvalue weighted by Gasteiger charge is 2.21. The summed E-state index contributed by atoms with van der Waals surface area (Å²) in [6.45, 7) is 4.40. The molecule has 0 saturated heterocycles. The van der Waals surface area contributed by atoms with E-state index in [1.54, 1.807) is 0 Å². The predicted octanol–water partition coefficient (Wildman–Crippen LogP) is 8.88. The van der Waals surface area contributed by atoms with Gasteiger partial charge in [0.1, 0.15) is 0 Å². The number of aliphatic carboxylic acids is 1. The van der Waals surface area contributed by atoms with Crippen LogP contribution in [0.25, 0.3) is 0 Å². The van der Waals surface area contributed by atoms with Crippen LogP contribution in [0.1, 0.15) is 123 Å². The van der Waals surface area contributed by atoms with Gasteiger partial charge in [0.05, 0.1) is 0 Å². The zero-order chi connectivity index (χ0) is 25.1. The monoisotopic (exact) mass is 474 g/mol. The van der Waals surface area contributed by atoms with Gasteiger partial charge in [-0.25, -0.2) is 4.79 Å². The van der Waals surface area contributed by atoms with E-state index in [9.17, 15) is 14.7 Å². The average Bonchev–Trinajstić information content (AvgIpc) is 2.82. The van der Waals surface area contributed by atoms with E-state index in [0.717, 1.165) is 44.9 Å². The summed E-state index contributed by atoms with van der Waals surface area (Å²) in [5.41, 5.74) is 0. The second-order valence-corrected chi connectivity index (χ2v) is 8.85. The van der Waals surface area contributed by atoms with Crippen LogP contribution in [0.3, 0.4) is 0 Å². The van der Waals surface area contributed by atoms with Crippen LogP contribution in [0.2, 0.25) is 0 Å². The lowest BCUT2D eigenvalue weighted by Gasteiger charge is -2.13. The highest BCUT2D eigenvalue weighted by Crippen LogP contribution is 2.12. The van der Waals surface area contributed by atoms with Gasteiger partial charge in [-0.3, -0.25) is 4.79 Å². The largest absolute Gasteiger partial charge is 0.479 e. The Morgan fingerprint density at radius 3 is 1.68 bits per heavy atom. The van der Waals surface area contributed by atoms with Crippen molar-refractivity contribution in [3.8, 4) is 0 Å². The normalized spacial score (nSPS) is 13.0. The molecule has 34 heavy (non-hydrogen) atoms. The lowest BCUT2D eigenvalue weighted by atomic mass is 10.1. The summed E-state index contributed by atoms with van der Waals surface area (Å²) >= 11 is 0. The first-order valence-electron chi connectivity index (χ1n) is 13.6. The second kappa shape index (κ2) is 25.5. The van der Waals surface area contributed by atoms with E-state index >= 15 is 0 Å². The standard InChI is InChI=1S/C30H50O4/c1-3-5-7-9-11-12-13-14-15-16-17-18-19-20-21-23-25-27-29(31)34-28(30(32)33)26-24-22-10-8-6-4-2/h11-12,14-15,17-18,20-21,28H,3-10,13,16,19,22-27H2,1-2H3,(H,32,33). The minimum atomic E-state index is -1.04. The van der Waals surface area contributed by atoms with Gasteiger partial charge in [-0.1, -0.05) is 107 Å². The molecule has 0 aliphatic rings. The molecule has 0 aromatic heterocycles. The van der Waals surface area contributed by atoms with Crippen molar-refractivity contribution in [2.45, 2.75) is 129 Å². The summed E-state index contributed by atoms with van der Waals surface area (Å²) in [6, 6.07) is 0. The summed E-state index contributed by atoms with van der Waals surface area (Å²) in [5, 5.41) is 9.28. The zero-order valence-electron chi connectivity index (χ0n) is 21.9. The topological polar surface area (TPSA) is 63.6 Å². The van der Waals surface area contributed by atoms with Crippen molar-refractivity contribution in [3.63, 3.8) is 0 Å². The van der Waals surface area contributed by atoms with Gasteiger partial charge < -0.3 is 9.84 Å². The van der Waals surface area contributed by atoms with Gasteiger partial charge in [0.2, 0.25) is 0 Å². The van der Waals surface area contributed by atoms with Crippen LogP contribution in [0.15, 0.2) is 48.6 Å². The molecule has 0 spiro atoms. The Hall–Kier alpha value is -2.10. The molecule has 1 atom stereocenters. The number of carbonyl (C=O) groups excluding carboxylic acids is 1. The van der Waals surface area contributed by atoms with Gasteiger partial charge in [-0.2, -0.15) is 0 Å². The van der Waals surface area contributed by atoms with Gasteiger partial charge in [0.25, 0.3) is 0 Å². The number of esters is 1. The Morgan fingerprint density at radius 1 is 0.647 bits per heavy atom. The molecule has 1 N–H and O–H groups in total. The Morgan fingerprint density at radius 2 is 1.12 bits per heavy atom. The third-order valence-corrected chi connectivity index (χ3v) is 5.58. The van der Waals surface area contributed by atoms with E-state index in [0.29, 0.717) is 12.8 Å². The number of hydrogen-bond acceptors (Lipinski definition) is 3. The predicted molar refractivity (Wildman–Crippen MR) is 144 cm³/mol. The number of carboxylic acid groups (broad SMARTS) is 1. The molecule has 4 heteroatoms. The van der Waals surface area contributed by atoms with Crippen LogP contribution in [0.5, 0.6) is 0 Å². The van der Waals surface area contributed by atoms with Gasteiger partial charge in [0, 0.05) is 6.42 Å². The molecule has 194 valence electrons. The fourth-order valence-corrected chi connectivity index (χ4v) is 3.49. The van der Waals surface area contributed by atoms with Crippen molar-refractivity contribution in [1.82, 2.24) is 0 Å². The van der Waals surface area contributed by atoms with Crippen LogP contribution in [-0.4, -0.2) is 23.1 Å². The average molecular weight is 475 g/mol. The van der Waals surface area contributed by atoms with Crippen LogP contribution >= 0.6 is 0 Å². The Kier molecular flexibility index (Phi) is 23.9. The van der Waals surface area contributed by atoms with Crippen molar-refractivity contribution in [2.75, 3.05) is 0 Å². The molecule has 0 bridgehead atoms. The smallest absolute Gasteiger partial charge is 0.345 e. The summed E-state index contributed by atoms with van der Waals surface area (Å²) < 4.78 is 5.18. The van der Waals surface area contributed by atoms with Gasteiger partial charge >= 0.3 is 11.9 Å². The number of hydrogen-bond donors (Lipinski definition) is 1. The summed E-state index contributed by atoms with van der Waals surface area (Å²) in [6.07, 6.45) is 33.0.